The minimum Gasteiger partial charge on any atom is -0.339 e. The van der Waals surface area contributed by atoms with Gasteiger partial charge in [-0.15, -0.1) is 12.4 Å². The number of carbonyl (C=O) groups is 1. The predicted octanol–water partition coefficient (Wildman–Crippen LogP) is 6.37. The molecular weight excluding hydrogens is 482 g/mol. The van der Waals surface area contributed by atoms with Crippen molar-refractivity contribution in [2.45, 2.75) is 44.6 Å². The maximum Gasteiger partial charge on any atom is 0.416 e. The predicted molar refractivity (Wildman–Crippen MR) is 120 cm³/mol. The average molecular weight is 509 g/mol. The molecule has 0 aliphatic carbocycles. The van der Waals surface area contributed by atoms with E-state index in [-0.39, 0.29) is 35.9 Å². The fraction of sp³-hybridized carbons (Fsp3) is 0.458. The molecule has 2 unspecified atom stereocenters. The van der Waals surface area contributed by atoms with Crippen molar-refractivity contribution in [3.05, 3.63) is 70.3 Å². The molecule has 1 aliphatic heterocycles. The first-order valence-corrected chi connectivity index (χ1v) is 10.6. The molecule has 1 heterocycles. The van der Waals surface area contributed by atoms with Crippen molar-refractivity contribution in [2.24, 2.45) is 5.92 Å². The number of rotatable bonds is 4. The number of piperidine rings is 1. The molecule has 0 radical (unpaired) electrons. The standard InChI is InChI=1S/C24H26F6N2O.ClH/c1-14-6-4-5-7-19(14)21-13-31-9-8-20(21)22(33)32(3)15(2)16-10-17(23(25,26)27)12-18(11-16)24(28,29)30;/h4-7,10-12,15,20-21,31H,8-9,13H2,1-3H3;1H/t15-,20?,21?;/m0./s1. The Morgan fingerprint density at radius 2 is 1.59 bits per heavy atom. The molecule has 1 amide bonds. The second-order valence-corrected chi connectivity index (χ2v) is 8.53. The maximum absolute atomic E-state index is 13.4. The number of hydrogen-bond acceptors (Lipinski definition) is 2. The number of halogens is 7. The number of alkyl halides is 6. The first kappa shape index (κ1) is 28.0. The number of carbonyl (C=O) groups excluding carboxylic acids is 1. The van der Waals surface area contributed by atoms with Gasteiger partial charge in [-0.1, -0.05) is 24.3 Å². The number of aryl methyl sites for hydroxylation is 1. The van der Waals surface area contributed by atoms with Crippen LogP contribution < -0.4 is 5.32 Å². The molecule has 1 aliphatic rings. The van der Waals surface area contributed by atoms with Gasteiger partial charge >= 0.3 is 12.4 Å². The largest absolute Gasteiger partial charge is 0.416 e. The second-order valence-electron chi connectivity index (χ2n) is 8.53. The van der Waals surface area contributed by atoms with Gasteiger partial charge in [-0.2, -0.15) is 26.3 Å². The molecule has 3 atom stereocenters. The van der Waals surface area contributed by atoms with Gasteiger partial charge in [-0.25, -0.2) is 0 Å². The van der Waals surface area contributed by atoms with Crippen molar-refractivity contribution in [3.63, 3.8) is 0 Å². The van der Waals surface area contributed by atoms with Crippen LogP contribution in [-0.4, -0.2) is 30.9 Å². The molecule has 2 aromatic rings. The third kappa shape index (κ3) is 6.05. The SMILES string of the molecule is Cc1ccccc1C1CNCCC1C(=O)N(C)[C@@H](C)c1cc(C(F)(F)F)cc(C(F)(F)F)c1.Cl. The summed E-state index contributed by atoms with van der Waals surface area (Å²) in [6.45, 7) is 4.55. The molecule has 10 heteroatoms. The Morgan fingerprint density at radius 3 is 2.12 bits per heavy atom. The van der Waals surface area contributed by atoms with Crippen LogP contribution in [0.1, 0.15) is 53.1 Å². The normalized spacial score (nSPS) is 19.8. The molecule has 1 N–H and O–H groups in total. The van der Waals surface area contributed by atoms with E-state index in [9.17, 15) is 31.1 Å². The zero-order valence-corrected chi connectivity index (χ0v) is 19.7. The molecule has 0 saturated carbocycles. The van der Waals surface area contributed by atoms with Crippen LogP contribution in [-0.2, 0) is 17.1 Å². The van der Waals surface area contributed by atoms with E-state index in [1.807, 2.05) is 31.2 Å². The second kappa shape index (κ2) is 10.6. The Hall–Kier alpha value is -2.26. The van der Waals surface area contributed by atoms with Crippen LogP contribution in [0, 0.1) is 12.8 Å². The average Bonchev–Trinajstić information content (AvgIpc) is 2.76. The first-order chi connectivity index (χ1) is 15.3. The van der Waals surface area contributed by atoms with Crippen LogP contribution in [0.2, 0.25) is 0 Å². The lowest BCUT2D eigenvalue weighted by Gasteiger charge is -2.37. The van der Waals surface area contributed by atoms with Crippen molar-refractivity contribution in [1.82, 2.24) is 10.2 Å². The molecule has 0 aromatic heterocycles. The monoisotopic (exact) mass is 508 g/mol. The highest BCUT2D eigenvalue weighted by Crippen LogP contribution is 2.39. The highest BCUT2D eigenvalue weighted by Gasteiger charge is 2.39. The molecule has 0 bridgehead atoms. The van der Waals surface area contributed by atoms with Gasteiger partial charge in [0.1, 0.15) is 0 Å². The highest BCUT2D eigenvalue weighted by atomic mass is 35.5. The van der Waals surface area contributed by atoms with E-state index in [0.717, 1.165) is 11.1 Å². The lowest BCUT2D eigenvalue weighted by atomic mass is 9.79. The fourth-order valence-corrected chi connectivity index (χ4v) is 4.38. The Balaban J connectivity index is 0.00000408. The minimum atomic E-state index is -4.94. The van der Waals surface area contributed by atoms with Crippen molar-refractivity contribution in [1.29, 1.82) is 0 Å². The number of nitrogens with zero attached hydrogens (tertiary/aromatic N) is 1. The molecular formula is C24H27ClF6N2O. The maximum atomic E-state index is 13.4. The molecule has 0 spiro atoms. The molecule has 3 nitrogen and oxygen atoms in total. The summed E-state index contributed by atoms with van der Waals surface area (Å²) in [5.41, 5.74) is -0.969. The molecule has 188 valence electrons. The van der Waals surface area contributed by atoms with Crippen LogP contribution in [0.25, 0.3) is 0 Å². The summed E-state index contributed by atoms with van der Waals surface area (Å²) in [6, 6.07) is 8.15. The van der Waals surface area contributed by atoms with Crippen molar-refractivity contribution in [2.75, 3.05) is 20.1 Å². The zero-order valence-electron chi connectivity index (χ0n) is 18.9. The van der Waals surface area contributed by atoms with Crippen LogP contribution in [0.5, 0.6) is 0 Å². The topological polar surface area (TPSA) is 32.3 Å². The number of benzene rings is 2. The van der Waals surface area contributed by atoms with E-state index in [2.05, 4.69) is 5.32 Å². The van der Waals surface area contributed by atoms with E-state index in [1.165, 1.54) is 18.9 Å². The zero-order chi connectivity index (χ0) is 24.6. The van der Waals surface area contributed by atoms with E-state index >= 15 is 0 Å². The lowest BCUT2D eigenvalue weighted by molar-refractivity contribution is -0.143. The first-order valence-electron chi connectivity index (χ1n) is 10.6. The van der Waals surface area contributed by atoms with Gasteiger partial charge in [-0.05, 0) is 61.7 Å². The van der Waals surface area contributed by atoms with E-state index in [0.29, 0.717) is 31.6 Å². The van der Waals surface area contributed by atoms with Crippen molar-refractivity contribution in [3.8, 4) is 0 Å². The number of hydrogen-bond donors (Lipinski definition) is 1. The summed E-state index contributed by atoms with van der Waals surface area (Å²) < 4.78 is 79.6. The summed E-state index contributed by atoms with van der Waals surface area (Å²) in [5, 5.41) is 3.27. The summed E-state index contributed by atoms with van der Waals surface area (Å²) in [5.74, 6) is -0.884. The highest BCUT2D eigenvalue weighted by molar-refractivity contribution is 5.85. The summed E-state index contributed by atoms with van der Waals surface area (Å²) >= 11 is 0. The van der Waals surface area contributed by atoms with Gasteiger partial charge in [0, 0.05) is 25.4 Å². The van der Waals surface area contributed by atoms with Gasteiger partial charge < -0.3 is 10.2 Å². The third-order valence-electron chi connectivity index (χ3n) is 6.41. The van der Waals surface area contributed by atoms with Gasteiger partial charge in [0.05, 0.1) is 17.2 Å². The Labute approximate surface area is 200 Å². The van der Waals surface area contributed by atoms with Crippen LogP contribution in [0.3, 0.4) is 0 Å². The van der Waals surface area contributed by atoms with E-state index < -0.39 is 35.4 Å². The third-order valence-corrected chi connectivity index (χ3v) is 6.41. The smallest absolute Gasteiger partial charge is 0.339 e. The minimum absolute atomic E-state index is 0. The lowest BCUT2D eigenvalue weighted by Crippen LogP contribution is -2.44. The quantitative estimate of drug-likeness (QED) is 0.487. The molecule has 1 fully saturated rings. The molecule has 1 saturated heterocycles. The summed E-state index contributed by atoms with van der Waals surface area (Å²) in [6.07, 6.45) is -9.36. The number of nitrogens with one attached hydrogen (secondary N) is 1. The van der Waals surface area contributed by atoms with Crippen LogP contribution in [0.4, 0.5) is 26.3 Å². The fourth-order valence-electron chi connectivity index (χ4n) is 4.38. The van der Waals surface area contributed by atoms with E-state index in [1.54, 1.807) is 0 Å². The van der Waals surface area contributed by atoms with Gasteiger partial charge in [0.15, 0.2) is 0 Å². The summed E-state index contributed by atoms with van der Waals surface area (Å²) in [4.78, 5) is 14.7. The molecule has 2 aromatic carbocycles. The van der Waals surface area contributed by atoms with Crippen molar-refractivity contribution >= 4 is 18.3 Å². The Morgan fingerprint density at radius 1 is 1.03 bits per heavy atom. The van der Waals surface area contributed by atoms with Crippen molar-refractivity contribution < 1.29 is 31.1 Å². The van der Waals surface area contributed by atoms with E-state index in [4.69, 9.17) is 0 Å². The summed E-state index contributed by atoms with van der Waals surface area (Å²) in [7, 11) is 1.43. The Bertz CT molecular complexity index is 975. The van der Waals surface area contributed by atoms with Crippen LogP contribution >= 0.6 is 12.4 Å². The molecule has 3 rings (SSSR count). The van der Waals surface area contributed by atoms with Gasteiger partial charge in [-0.3, -0.25) is 4.79 Å². The van der Waals surface area contributed by atoms with Gasteiger partial charge in [0.2, 0.25) is 5.91 Å². The van der Waals surface area contributed by atoms with Gasteiger partial charge in [0.25, 0.3) is 0 Å². The van der Waals surface area contributed by atoms with Crippen LogP contribution in [0.15, 0.2) is 42.5 Å². The number of amides is 1. The molecule has 34 heavy (non-hydrogen) atoms. The Kier molecular flexibility index (Phi) is 8.69.